The lowest BCUT2D eigenvalue weighted by molar-refractivity contribution is -0.135. The average molecular weight is 448 g/mol. The number of unbranched alkanes of at least 4 members (excludes halogenated alkanes) is 2. The van der Waals surface area contributed by atoms with E-state index in [1.807, 2.05) is 60.4 Å². The van der Waals surface area contributed by atoms with Gasteiger partial charge in [0.15, 0.2) is 0 Å². The van der Waals surface area contributed by atoms with E-state index < -0.39 is 0 Å². The molecule has 5 nitrogen and oxygen atoms in total. The Morgan fingerprint density at radius 1 is 1.06 bits per heavy atom. The Kier molecular flexibility index (Phi) is 8.43. The summed E-state index contributed by atoms with van der Waals surface area (Å²) in [6.45, 7) is 11.1. The molecule has 3 rings (SSSR count). The number of benzene rings is 2. The molecule has 0 N–H and O–H groups in total. The second kappa shape index (κ2) is 11.3. The molecule has 1 atom stereocenters. The quantitative estimate of drug-likeness (QED) is 0.347. The summed E-state index contributed by atoms with van der Waals surface area (Å²) >= 11 is 0. The second-order valence-corrected chi connectivity index (χ2v) is 9.28. The number of para-hydroxylation sites is 1. The van der Waals surface area contributed by atoms with Crippen LogP contribution in [0.15, 0.2) is 53.3 Å². The van der Waals surface area contributed by atoms with Gasteiger partial charge in [-0.1, -0.05) is 64.8 Å². The van der Waals surface area contributed by atoms with E-state index in [0.717, 1.165) is 30.5 Å². The van der Waals surface area contributed by atoms with Crippen LogP contribution in [0.25, 0.3) is 16.6 Å². The molecule has 1 amide bonds. The van der Waals surface area contributed by atoms with Crippen LogP contribution < -0.4 is 5.56 Å². The number of aryl methyl sites for hydroxylation is 1. The molecule has 3 aromatic rings. The first kappa shape index (κ1) is 24.7. The zero-order valence-corrected chi connectivity index (χ0v) is 20.7. The van der Waals surface area contributed by atoms with Gasteiger partial charge in [-0.05, 0) is 55.5 Å². The van der Waals surface area contributed by atoms with Gasteiger partial charge in [-0.3, -0.25) is 14.2 Å². The van der Waals surface area contributed by atoms with Gasteiger partial charge in [0.2, 0.25) is 5.91 Å². The van der Waals surface area contributed by atoms with Crippen molar-refractivity contribution < 1.29 is 4.79 Å². The molecule has 1 aromatic heterocycles. The van der Waals surface area contributed by atoms with Crippen LogP contribution in [0.4, 0.5) is 0 Å². The molecule has 1 heterocycles. The van der Waals surface area contributed by atoms with Crippen LogP contribution in [0.2, 0.25) is 0 Å². The summed E-state index contributed by atoms with van der Waals surface area (Å²) in [6, 6.07) is 15.1. The summed E-state index contributed by atoms with van der Waals surface area (Å²) < 4.78 is 1.72. The SMILES string of the molecule is CCCCCN(C(=O)CC(C)C)C(CC)c1nc2ccccc2c(=O)n1-c1cccc(C)c1. The Morgan fingerprint density at radius 3 is 2.48 bits per heavy atom. The molecule has 0 saturated carbocycles. The van der Waals surface area contributed by atoms with Crippen LogP contribution in [0.1, 0.15) is 77.2 Å². The number of fused-ring (bicyclic) bond motifs is 1. The lowest BCUT2D eigenvalue weighted by Gasteiger charge is -2.33. The van der Waals surface area contributed by atoms with E-state index in [1.165, 1.54) is 0 Å². The Morgan fingerprint density at radius 2 is 1.82 bits per heavy atom. The molecular weight excluding hydrogens is 410 g/mol. The van der Waals surface area contributed by atoms with Gasteiger partial charge < -0.3 is 4.90 Å². The Hall–Kier alpha value is -2.95. The Labute approximate surface area is 197 Å². The largest absolute Gasteiger partial charge is 0.332 e. The van der Waals surface area contributed by atoms with Gasteiger partial charge in [-0.25, -0.2) is 4.98 Å². The summed E-state index contributed by atoms with van der Waals surface area (Å²) in [4.78, 5) is 34.1. The smallest absolute Gasteiger partial charge is 0.266 e. The first-order chi connectivity index (χ1) is 15.9. The summed E-state index contributed by atoms with van der Waals surface area (Å²) in [5.41, 5.74) is 2.44. The standard InChI is InChI=1S/C28H37N3O2/c1-6-8-11-17-30(26(32)18-20(3)4)25(7-2)27-29-24-16-10-9-15-23(24)28(33)31(27)22-14-12-13-21(5)19-22/h9-10,12-16,19-20,25H,6-8,11,17-18H2,1-5H3. The third-order valence-corrected chi connectivity index (χ3v) is 6.03. The fourth-order valence-electron chi connectivity index (χ4n) is 4.39. The lowest BCUT2D eigenvalue weighted by atomic mass is 10.1. The third kappa shape index (κ3) is 5.70. The van der Waals surface area contributed by atoms with Crippen LogP contribution in [-0.4, -0.2) is 26.9 Å². The molecule has 0 radical (unpaired) electrons. The predicted octanol–water partition coefficient (Wildman–Crippen LogP) is 6.21. The summed E-state index contributed by atoms with van der Waals surface area (Å²) in [5, 5.41) is 0.587. The number of carbonyl (C=O) groups is 1. The molecule has 0 aliphatic heterocycles. The molecule has 0 aliphatic carbocycles. The van der Waals surface area contributed by atoms with Gasteiger partial charge >= 0.3 is 0 Å². The maximum atomic E-state index is 13.7. The van der Waals surface area contributed by atoms with Crippen LogP contribution in [0.5, 0.6) is 0 Å². The normalized spacial score (nSPS) is 12.3. The number of hydrogen-bond donors (Lipinski definition) is 0. The fourth-order valence-corrected chi connectivity index (χ4v) is 4.39. The second-order valence-electron chi connectivity index (χ2n) is 9.28. The topological polar surface area (TPSA) is 55.2 Å². The molecule has 0 bridgehead atoms. The molecule has 5 heteroatoms. The zero-order valence-electron chi connectivity index (χ0n) is 20.7. The average Bonchev–Trinajstić information content (AvgIpc) is 2.78. The number of hydrogen-bond acceptors (Lipinski definition) is 3. The molecule has 33 heavy (non-hydrogen) atoms. The number of rotatable bonds is 10. The van der Waals surface area contributed by atoms with Crippen molar-refractivity contribution in [1.29, 1.82) is 0 Å². The van der Waals surface area contributed by atoms with Crippen molar-refractivity contribution >= 4 is 16.8 Å². The Balaban J connectivity index is 2.23. The van der Waals surface area contributed by atoms with E-state index in [1.54, 1.807) is 4.57 Å². The monoisotopic (exact) mass is 447 g/mol. The van der Waals surface area contributed by atoms with Crippen molar-refractivity contribution in [1.82, 2.24) is 14.5 Å². The van der Waals surface area contributed by atoms with E-state index in [0.29, 0.717) is 36.1 Å². The van der Waals surface area contributed by atoms with Gasteiger partial charge in [0.25, 0.3) is 5.56 Å². The van der Waals surface area contributed by atoms with Gasteiger partial charge in [0.05, 0.1) is 22.6 Å². The molecule has 176 valence electrons. The first-order valence-corrected chi connectivity index (χ1v) is 12.3. The van der Waals surface area contributed by atoms with Crippen molar-refractivity contribution in [2.24, 2.45) is 5.92 Å². The van der Waals surface area contributed by atoms with Crippen molar-refractivity contribution in [2.75, 3.05) is 6.54 Å². The van der Waals surface area contributed by atoms with Crippen molar-refractivity contribution in [3.63, 3.8) is 0 Å². The molecule has 0 saturated heterocycles. The van der Waals surface area contributed by atoms with Crippen molar-refractivity contribution in [2.45, 2.75) is 72.8 Å². The number of aromatic nitrogens is 2. The molecule has 0 fully saturated rings. The fraction of sp³-hybridized carbons (Fsp3) is 0.464. The van der Waals surface area contributed by atoms with Crippen LogP contribution in [0, 0.1) is 12.8 Å². The number of amides is 1. The third-order valence-electron chi connectivity index (χ3n) is 6.03. The minimum absolute atomic E-state index is 0.0931. The maximum absolute atomic E-state index is 13.7. The Bertz CT molecular complexity index is 1150. The van der Waals surface area contributed by atoms with E-state index in [9.17, 15) is 9.59 Å². The molecule has 2 aromatic carbocycles. The number of carbonyl (C=O) groups excluding carboxylic acids is 1. The molecular formula is C28H37N3O2. The highest BCUT2D eigenvalue weighted by molar-refractivity contribution is 5.79. The molecule has 1 unspecified atom stereocenters. The summed E-state index contributed by atoms with van der Waals surface area (Å²) in [5.74, 6) is 1.04. The van der Waals surface area contributed by atoms with Crippen molar-refractivity contribution in [3.05, 3.63) is 70.3 Å². The molecule has 0 aliphatic rings. The summed E-state index contributed by atoms with van der Waals surface area (Å²) in [6.07, 6.45) is 4.28. The van der Waals surface area contributed by atoms with Gasteiger partial charge in [0, 0.05) is 13.0 Å². The minimum Gasteiger partial charge on any atom is -0.332 e. The van der Waals surface area contributed by atoms with E-state index >= 15 is 0 Å². The lowest BCUT2D eigenvalue weighted by Crippen LogP contribution is -2.39. The van der Waals surface area contributed by atoms with Crippen LogP contribution in [-0.2, 0) is 4.79 Å². The highest BCUT2D eigenvalue weighted by Crippen LogP contribution is 2.28. The minimum atomic E-state index is -0.272. The van der Waals surface area contributed by atoms with Crippen molar-refractivity contribution in [3.8, 4) is 5.69 Å². The van der Waals surface area contributed by atoms with E-state index in [4.69, 9.17) is 4.98 Å². The van der Waals surface area contributed by atoms with Gasteiger partial charge in [-0.15, -0.1) is 0 Å². The maximum Gasteiger partial charge on any atom is 0.266 e. The first-order valence-electron chi connectivity index (χ1n) is 12.3. The van der Waals surface area contributed by atoms with Gasteiger partial charge in [-0.2, -0.15) is 0 Å². The van der Waals surface area contributed by atoms with E-state index in [2.05, 4.69) is 27.7 Å². The van der Waals surface area contributed by atoms with Crippen LogP contribution >= 0.6 is 0 Å². The highest BCUT2D eigenvalue weighted by atomic mass is 16.2. The van der Waals surface area contributed by atoms with Gasteiger partial charge in [0.1, 0.15) is 5.82 Å². The zero-order chi connectivity index (χ0) is 24.0. The van der Waals surface area contributed by atoms with E-state index in [-0.39, 0.29) is 23.4 Å². The summed E-state index contributed by atoms with van der Waals surface area (Å²) in [7, 11) is 0. The van der Waals surface area contributed by atoms with Crippen LogP contribution in [0.3, 0.4) is 0 Å². The highest BCUT2D eigenvalue weighted by Gasteiger charge is 2.29. The predicted molar refractivity (Wildman–Crippen MR) is 136 cm³/mol. The number of nitrogens with zero attached hydrogens (tertiary/aromatic N) is 3. The molecule has 0 spiro atoms.